The van der Waals surface area contributed by atoms with Gasteiger partial charge < -0.3 is 29.5 Å². The molecule has 0 saturated carbocycles. The van der Waals surface area contributed by atoms with E-state index in [9.17, 15) is 9.59 Å². The van der Waals surface area contributed by atoms with Gasteiger partial charge in [-0.15, -0.1) is 0 Å². The Morgan fingerprint density at radius 2 is 1.85 bits per heavy atom. The fourth-order valence-corrected chi connectivity index (χ4v) is 3.65. The smallest absolute Gasteiger partial charge is 0.410 e. The summed E-state index contributed by atoms with van der Waals surface area (Å²) in [6.07, 6.45) is 4.08. The van der Waals surface area contributed by atoms with Crippen LogP contribution in [-0.2, 0) is 9.53 Å². The zero-order valence-corrected chi connectivity index (χ0v) is 20.0. The molecule has 0 spiro atoms. The highest BCUT2D eigenvalue weighted by molar-refractivity contribution is 5.85. The van der Waals surface area contributed by atoms with Crippen LogP contribution in [0.2, 0.25) is 0 Å². The van der Waals surface area contributed by atoms with Gasteiger partial charge in [-0.3, -0.25) is 0 Å². The summed E-state index contributed by atoms with van der Waals surface area (Å²) in [5.41, 5.74) is 0.878. The highest BCUT2D eigenvalue weighted by Gasteiger charge is 2.32. The number of nitrogens with zero attached hydrogens (tertiary/aromatic N) is 1. The molecule has 0 aromatic heterocycles. The van der Waals surface area contributed by atoms with Gasteiger partial charge in [-0.05, 0) is 81.7 Å². The summed E-state index contributed by atoms with van der Waals surface area (Å²) in [6.45, 7) is 6.77. The lowest BCUT2D eigenvalue weighted by Gasteiger charge is -2.29. The Morgan fingerprint density at radius 1 is 1.15 bits per heavy atom. The highest BCUT2D eigenvalue weighted by atomic mass is 16.6. The number of carbonyl (C=O) groups excluding carboxylic acids is 1. The predicted molar refractivity (Wildman–Crippen MR) is 131 cm³/mol. The molecule has 8 nitrogen and oxygen atoms in total. The second-order valence-corrected chi connectivity index (χ2v) is 9.06. The third kappa shape index (κ3) is 7.16. The molecule has 2 aromatic carbocycles. The van der Waals surface area contributed by atoms with Gasteiger partial charge in [0.2, 0.25) is 0 Å². The van der Waals surface area contributed by atoms with Gasteiger partial charge in [-0.1, -0.05) is 6.07 Å². The minimum atomic E-state index is -1.02. The molecule has 2 N–H and O–H groups in total. The lowest BCUT2D eigenvalue weighted by Crippen LogP contribution is -2.42. The summed E-state index contributed by atoms with van der Waals surface area (Å²) in [6, 6.07) is 12.6. The number of aliphatic carboxylic acids is 1. The molecule has 1 heterocycles. The first-order chi connectivity index (χ1) is 16.1. The van der Waals surface area contributed by atoms with Gasteiger partial charge in [0.15, 0.2) is 5.75 Å². The minimum Gasteiger partial charge on any atom is -0.497 e. The standard InChI is InChI=1S/C26H32N2O6/c1-26(2,3)34-25(31)28-15-5-6-19(28)17-27-22-13-7-18(8-14-24(29)30)16-23(22)33-21-11-9-20(32-4)10-12-21/h7-14,16,19,27H,5-6,15,17H2,1-4H3,(H,29,30)/b14-8+/t19-/m0/s1. The van der Waals surface area contributed by atoms with Crippen molar-refractivity contribution < 1.29 is 28.9 Å². The van der Waals surface area contributed by atoms with E-state index in [1.54, 1.807) is 42.3 Å². The zero-order chi connectivity index (χ0) is 24.7. The monoisotopic (exact) mass is 468 g/mol. The Balaban J connectivity index is 1.77. The summed E-state index contributed by atoms with van der Waals surface area (Å²) in [5.74, 6) is 0.842. The average molecular weight is 469 g/mol. The zero-order valence-electron chi connectivity index (χ0n) is 20.0. The van der Waals surface area contributed by atoms with E-state index in [0.29, 0.717) is 35.9 Å². The van der Waals surface area contributed by atoms with Crippen LogP contribution in [0.25, 0.3) is 6.08 Å². The molecule has 1 aliphatic rings. The number of methoxy groups -OCH3 is 1. The summed E-state index contributed by atoms with van der Waals surface area (Å²) in [7, 11) is 1.60. The molecule has 3 rings (SSSR count). The molecular weight excluding hydrogens is 436 g/mol. The van der Waals surface area contributed by atoms with E-state index >= 15 is 0 Å². The van der Waals surface area contributed by atoms with E-state index in [1.165, 1.54) is 6.08 Å². The van der Waals surface area contributed by atoms with Crippen molar-refractivity contribution in [3.8, 4) is 17.2 Å². The summed E-state index contributed by atoms with van der Waals surface area (Å²) < 4.78 is 16.9. The van der Waals surface area contributed by atoms with E-state index in [2.05, 4.69) is 5.32 Å². The van der Waals surface area contributed by atoms with Crippen LogP contribution in [0.15, 0.2) is 48.5 Å². The largest absolute Gasteiger partial charge is 0.497 e. The van der Waals surface area contributed by atoms with Gasteiger partial charge in [0.1, 0.15) is 17.1 Å². The van der Waals surface area contributed by atoms with E-state index in [4.69, 9.17) is 19.3 Å². The van der Waals surface area contributed by atoms with Crippen molar-refractivity contribution in [3.05, 3.63) is 54.1 Å². The van der Waals surface area contributed by atoms with Crippen molar-refractivity contribution >= 4 is 23.8 Å². The average Bonchev–Trinajstić information content (AvgIpc) is 3.25. The Kier molecular flexibility index (Phi) is 8.04. The van der Waals surface area contributed by atoms with Crippen LogP contribution in [0.3, 0.4) is 0 Å². The number of carbonyl (C=O) groups is 2. The molecule has 1 fully saturated rings. The quantitative estimate of drug-likeness (QED) is 0.501. The lowest BCUT2D eigenvalue weighted by molar-refractivity contribution is -0.131. The molecule has 0 radical (unpaired) electrons. The number of rotatable bonds is 8. The SMILES string of the molecule is COc1ccc(Oc2cc(/C=C/C(=O)O)ccc2NC[C@@H]2CCCN2C(=O)OC(C)(C)C)cc1. The molecule has 0 aliphatic carbocycles. The number of carboxylic acids is 1. The summed E-state index contributed by atoms with van der Waals surface area (Å²) in [5, 5.41) is 12.3. The van der Waals surface area contributed by atoms with E-state index in [-0.39, 0.29) is 12.1 Å². The topological polar surface area (TPSA) is 97.3 Å². The molecule has 0 bridgehead atoms. The van der Waals surface area contributed by atoms with E-state index < -0.39 is 11.6 Å². The predicted octanol–water partition coefficient (Wildman–Crippen LogP) is 5.40. The van der Waals surface area contributed by atoms with Crippen LogP contribution in [-0.4, -0.2) is 53.9 Å². The van der Waals surface area contributed by atoms with Crippen molar-refractivity contribution in [1.82, 2.24) is 4.90 Å². The molecule has 1 saturated heterocycles. The first kappa shape index (κ1) is 25.0. The third-order valence-electron chi connectivity index (χ3n) is 5.24. The fourth-order valence-electron chi connectivity index (χ4n) is 3.65. The first-order valence-corrected chi connectivity index (χ1v) is 11.2. The maximum absolute atomic E-state index is 12.6. The van der Waals surface area contributed by atoms with Crippen LogP contribution in [0.1, 0.15) is 39.2 Å². The second kappa shape index (κ2) is 11.0. The van der Waals surface area contributed by atoms with E-state index in [1.807, 2.05) is 32.9 Å². The third-order valence-corrected chi connectivity index (χ3v) is 5.24. The number of hydrogen-bond donors (Lipinski definition) is 2. The van der Waals surface area contributed by atoms with Crippen LogP contribution < -0.4 is 14.8 Å². The Bertz CT molecular complexity index is 1030. The van der Waals surface area contributed by atoms with E-state index in [0.717, 1.165) is 24.6 Å². The normalized spacial score (nSPS) is 15.9. The first-order valence-electron chi connectivity index (χ1n) is 11.2. The molecule has 34 heavy (non-hydrogen) atoms. The number of amides is 1. The minimum absolute atomic E-state index is 0.00438. The van der Waals surface area contributed by atoms with Gasteiger partial charge in [0, 0.05) is 19.2 Å². The highest BCUT2D eigenvalue weighted by Crippen LogP contribution is 2.33. The maximum atomic E-state index is 12.6. The Morgan fingerprint density at radius 3 is 2.50 bits per heavy atom. The van der Waals surface area contributed by atoms with Gasteiger partial charge in [0.05, 0.1) is 18.8 Å². The summed E-state index contributed by atoms with van der Waals surface area (Å²) >= 11 is 0. The lowest BCUT2D eigenvalue weighted by atomic mass is 10.1. The molecule has 8 heteroatoms. The molecule has 1 amide bonds. The van der Waals surface area contributed by atoms with Crippen LogP contribution in [0.4, 0.5) is 10.5 Å². The van der Waals surface area contributed by atoms with Crippen molar-refractivity contribution in [2.45, 2.75) is 45.3 Å². The Hall–Kier alpha value is -3.68. The number of nitrogens with one attached hydrogen (secondary N) is 1. The number of benzene rings is 2. The van der Waals surface area contributed by atoms with Crippen molar-refractivity contribution in [3.63, 3.8) is 0 Å². The second-order valence-electron chi connectivity index (χ2n) is 9.06. The van der Waals surface area contributed by atoms with Crippen LogP contribution in [0, 0.1) is 0 Å². The van der Waals surface area contributed by atoms with Crippen molar-refractivity contribution in [2.24, 2.45) is 0 Å². The maximum Gasteiger partial charge on any atom is 0.410 e. The Labute approximate surface area is 200 Å². The van der Waals surface area contributed by atoms with Crippen molar-refractivity contribution in [1.29, 1.82) is 0 Å². The molecule has 0 unspecified atom stereocenters. The molecule has 182 valence electrons. The number of carboxylic acid groups (broad SMARTS) is 1. The van der Waals surface area contributed by atoms with Crippen LogP contribution >= 0.6 is 0 Å². The number of hydrogen-bond acceptors (Lipinski definition) is 6. The number of anilines is 1. The molecule has 1 atom stereocenters. The van der Waals surface area contributed by atoms with Crippen molar-refractivity contribution in [2.75, 3.05) is 25.5 Å². The van der Waals surface area contributed by atoms with Crippen LogP contribution in [0.5, 0.6) is 17.2 Å². The number of likely N-dealkylation sites (tertiary alicyclic amines) is 1. The van der Waals surface area contributed by atoms with Gasteiger partial charge in [-0.25, -0.2) is 9.59 Å². The fraction of sp³-hybridized carbons (Fsp3) is 0.385. The molecule has 2 aromatic rings. The van der Waals surface area contributed by atoms with Gasteiger partial charge in [0.25, 0.3) is 0 Å². The number of ether oxygens (including phenoxy) is 3. The summed E-state index contributed by atoms with van der Waals surface area (Å²) in [4.78, 5) is 25.3. The van der Waals surface area contributed by atoms with Gasteiger partial charge >= 0.3 is 12.1 Å². The molecular formula is C26H32N2O6. The molecule has 1 aliphatic heterocycles. The van der Waals surface area contributed by atoms with Gasteiger partial charge in [-0.2, -0.15) is 0 Å².